The van der Waals surface area contributed by atoms with Crippen LogP contribution in [-0.2, 0) is 38.4 Å². The first-order chi connectivity index (χ1) is 15.8. The predicted molar refractivity (Wildman–Crippen MR) is 126 cm³/mol. The second kappa shape index (κ2) is 13.4. The first-order valence-electron chi connectivity index (χ1n) is 10.5. The number of rotatable bonds is 15. The largest absolute Gasteiger partial charge is 0.491 e. The minimum atomic E-state index is -3.82. The SMILES string of the molecule is COP(=O)(OC)C(c1ccc(OCCOCCCc2cccc(C)n2)cc1)P(=O)(OC)OC. The van der Waals surface area contributed by atoms with E-state index in [9.17, 15) is 9.13 Å². The Kier molecular flexibility index (Phi) is 11.2. The summed E-state index contributed by atoms with van der Waals surface area (Å²) in [5.41, 5.74) is 2.49. The lowest BCUT2D eigenvalue weighted by Gasteiger charge is -2.29. The number of ether oxygens (including phenoxy) is 2. The molecule has 0 aliphatic rings. The number of pyridine rings is 1. The van der Waals surface area contributed by atoms with Crippen molar-refractivity contribution in [3.05, 3.63) is 59.4 Å². The molecule has 0 radical (unpaired) electrons. The van der Waals surface area contributed by atoms with Gasteiger partial charge in [-0.25, -0.2) is 0 Å². The molecule has 2 rings (SSSR count). The van der Waals surface area contributed by atoms with Crippen LogP contribution < -0.4 is 4.74 Å². The molecular formula is C22H33NO8P2. The van der Waals surface area contributed by atoms with Gasteiger partial charge in [0.05, 0.1) is 6.61 Å². The fourth-order valence-electron chi connectivity index (χ4n) is 3.24. The normalized spacial score (nSPS) is 12.3. The molecule has 0 saturated carbocycles. The summed E-state index contributed by atoms with van der Waals surface area (Å²) >= 11 is 0. The van der Waals surface area contributed by atoms with Gasteiger partial charge in [-0.05, 0) is 49.6 Å². The molecule has 11 heteroatoms. The maximum atomic E-state index is 13.1. The summed E-state index contributed by atoms with van der Waals surface area (Å²) in [6.07, 6.45) is 1.75. The Bertz CT molecular complexity index is 912. The summed E-state index contributed by atoms with van der Waals surface area (Å²) < 4.78 is 57.8. The van der Waals surface area contributed by atoms with Gasteiger partial charge in [-0.15, -0.1) is 0 Å². The molecule has 0 fully saturated rings. The van der Waals surface area contributed by atoms with Crippen molar-refractivity contribution in [3.63, 3.8) is 0 Å². The first kappa shape index (κ1) is 27.7. The third kappa shape index (κ3) is 7.72. The summed E-state index contributed by atoms with van der Waals surface area (Å²) in [4.78, 5) is 4.47. The Morgan fingerprint density at radius 1 is 0.818 bits per heavy atom. The van der Waals surface area contributed by atoms with Gasteiger partial charge in [0.15, 0.2) is 5.40 Å². The fourth-order valence-corrected chi connectivity index (χ4v) is 7.93. The highest BCUT2D eigenvalue weighted by molar-refractivity contribution is 7.72. The Hall–Kier alpha value is -1.57. The molecular weight excluding hydrogens is 468 g/mol. The molecule has 0 saturated heterocycles. The first-order valence-corrected chi connectivity index (χ1v) is 13.7. The number of aromatic nitrogens is 1. The van der Waals surface area contributed by atoms with Crippen molar-refractivity contribution in [1.29, 1.82) is 0 Å². The van der Waals surface area contributed by atoms with Crippen molar-refractivity contribution >= 4 is 15.2 Å². The molecule has 0 amide bonds. The van der Waals surface area contributed by atoms with Gasteiger partial charge in [-0.1, -0.05) is 18.2 Å². The maximum absolute atomic E-state index is 13.1. The quantitative estimate of drug-likeness (QED) is 0.235. The highest BCUT2D eigenvalue weighted by atomic mass is 31.2. The molecule has 2 aromatic rings. The van der Waals surface area contributed by atoms with E-state index in [1.54, 1.807) is 24.3 Å². The maximum Gasteiger partial charge on any atom is 0.349 e. The lowest BCUT2D eigenvalue weighted by atomic mass is 10.2. The van der Waals surface area contributed by atoms with E-state index in [4.69, 9.17) is 27.6 Å². The summed E-state index contributed by atoms with van der Waals surface area (Å²) in [5, 5.41) is -1.24. The van der Waals surface area contributed by atoms with Gasteiger partial charge in [0, 0.05) is 46.4 Å². The van der Waals surface area contributed by atoms with Crippen molar-refractivity contribution in [1.82, 2.24) is 4.98 Å². The van der Waals surface area contributed by atoms with Gasteiger partial charge < -0.3 is 27.6 Å². The van der Waals surface area contributed by atoms with Crippen LogP contribution in [0.25, 0.3) is 0 Å². The second-order valence-corrected chi connectivity index (χ2v) is 12.1. The topological polar surface area (TPSA) is 102 Å². The number of aryl methyl sites for hydroxylation is 2. The molecule has 33 heavy (non-hydrogen) atoms. The van der Waals surface area contributed by atoms with Crippen LogP contribution in [0.15, 0.2) is 42.5 Å². The fraction of sp³-hybridized carbons (Fsp3) is 0.500. The number of hydrogen-bond donors (Lipinski definition) is 0. The third-order valence-electron chi connectivity index (χ3n) is 4.96. The van der Waals surface area contributed by atoms with Gasteiger partial charge in [-0.2, -0.15) is 0 Å². The number of nitrogens with zero attached hydrogens (tertiary/aromatic N) is 1. The highest BCUT2D eigenvalue weighted by Gasteiger charge is 2.50. The molecule has 1 aromatic carbocycles. The van der Waals surface area contributed by atoms with Crippen LogP contribution in [0.2, 0.25) is 0 Å². The van der Waals surface area contributed by atoms with E-state index in [-0.39, 0.29) is 0 Å². The standard InChI is InChI=1S/C22H33NO8P2/c1-18-8-6-9-20(23-18)10-7-15-30-16-17-31-21-13-11-19(12-14-21)22(32(24,26-2)27-3)33(25,28-4)29-5/h6,8-9,11-14,22H,7,10,15-17H2,1-5H3. The average Bonchev–Trinajstić information content (AvgIpc) is 2.84. The van der Waals surface area contributed by atoms with E-state index in [1.807, 2.05) is 25.1 Å². The van der Waals surface area contributed by atoms with E-state index in [0.717, 1.165) is 24.2 Å². The van der Waals surface area contributed by atoms with Crippen molar-refractivity contribution in [2.75, 3.05) is 48.3 Å². The average molecular weight is 501 g/mol. The zero-order valence-electron chi connectivity index (χ0n) is 19.8. The van der Waals surface area contributed by atoms with Crippen LogP contribution in [0, 0.1) is 6.92 Å². The molecule has 1 heterocycles. The Balaban J connectivity index is 1.87. The Morgan fingerprint density at radius 2 is 1.42 bits per heavy atom. The van der Waals surface area contributed by atoms with E-state index in [2.05, 4.69) is 4.98 Å². The molecule has 9 nitrogen and oxygen atoms in total. The Morgan fingerprint density at radius 3 is 1.97 bits per heavy atom. The van der Waals surface area contributed by atoms with Crippen LogP contribution >= 0.6 is 15.2 Å². The van der Waals surface area contributed by atoms with E-state index < -0.39 is 20.6 Å². The number of benzene rings is 1. The van der Waals surface area contributed by atoms with E-state index in [0.29, 0.717) is 31.1 Å². The summed E-state index contributed by atoms with van der Waals surface area (Å²) in [5.74, 6) is 0.583. The summed E-state index contributed by atoms with van der Waals surface area (Å²) in [6, 6.07) is 12.6. The second-order valence-electron chi connectivity index (χ2n) is 7.09. The van der Waals surface area contributed by atoms with Crippen LogP contribution in [0.5, 0.6) is 5.75 Å². The van der Waals surface area contributed by atoms with Gasteiger partial charge in [0.2, 0.25) is 0 Å². The molecule has 0 aliphatic heterocycles. The third-order valence-corrected chi connectivity index (χ3v) is 10.5. The smallest absolute Gasteiger partial charge is 0.349 e. The predicted octanol–water partition coefficient (Wildman–Crippen LogP) is 5.39. The highest BCUT2D eigenvalue weighted by Crippen LogP contribution is 2.77. The molecule has 0 N–H and O–H groups in total. The van der Waals surface area contributed by atoms with Crippen molar-refractivity contribution in [2.45, 2.75) is 25.2 Å². The Labute approximate surface area is 195 Å². The minimum absolute atomic E-state index is 0.370. The van der Waals surface area contributed by atoms with Gasteiger partial charge >= 0.3 is 15.2 Å². The van der Waals surface area contributed by atoms with Crippen LogP contribution in [0.1, 0.15) is 28.8 Å². The van der Waals surface area contributed by atoms with Crippen molar-refractivity contribution < 1.29 is 36.7 Å². The zero-order valence-corrected chi connectivity index (χ0v) is 21.6. The van der Waals surface area contributed by atoms with E-state index >= 15 is 0 Å². The number of hydrogen-bond acceptors (Lipinski definition) is 9. The van der Waals surface area contributed by atoms with Crippen LogP contribution in [-0.4, -0.2) is 53.2 Å². The lowest BCUT2D eigenvalue weighted by molar-refractivity contribution is 0.0984. The van der Waals surface area contributed by atoms with E-state index in [1.165, 1.54) is 28.4 Å². The van der Waals surface area contributed by atoms with Gasteiger partial charge in [0.25, 0.3) is 0 Å². The van der Waals surface area contributed by atoms with Crippen LogP contribution in [0.3, 0.4) is 0 Å². The zero-order chi connectivity index (χ0) is 24.3. The molecule has 184 valence electrons. The molecule has 0 atom stereocenters. The van der Waals surface area contributed by atoms with Gasteiger partial charge in [-0.3, -0.25) is 14.1 Å². The molecule has 1 aromatic heterocycles. The minimum Gasteiger partial charge on any atom is -0.491 e. The van der Waals surface area contributed by atoms with Crippen molar-refractivity contribution in [3.8, 4) is 5.75 Å². The monoisotopic (exact) mass is 501 g/mol. The summed E-state index contributed by atoms with van der Waals surface area (Å²) in [6.45, 7) is 3.41. The van der Waals surface area contributed by atoms with Crippen LogP contribution in [0.4, 0.5) is 0 Å². The molecule has 0 unspecified atom stereocenters. The lowest BCUT2D eigenvalue weighted by Crippen LogP contribution is -2.09. The summed E-state index contributed by atoms with van der Waals surface area (Å²) in [7, 11) is -2.75. The molecule has 0 spiro atoms. The molecule has 0 bridgehead atoms. The molecule has 0 aliphatic carbocycles. The van der Waals surface area contributed by atoms with Gasteiger partial charge in [0.1, 0.15) is 12.4 Å². The van der Waals surface area contributed by atoms with Crippen molar-refractivity contribution in [2.24, 2.45) is 0 Å².